The Bertz CT molecular complexity index is 304. The topological polar surface area (TPSA) is 27.1 Å². The van der Waals surface area contributed by atoms with Crippen LogP contribution in [0.4, 0.5) is 4.39 Å². The molecule has 86 valence electrons. The van der Waals surface area contributed by atoms with Gasteiger partial charge in [0.1, 0.15) is 12.4 Å². The Morgan fingerprint density at radius 1 is 1.67 bits per heavy atom. The standard InChI is InChI=1S/C10H16FIN2O/c1-3-8(2)15-7-10-9(12)6-14(13-10)5-4-11/h6,8H,3-5,7H2,1-2H3/t8-/m1/s1. The Kier molecular flexibility index (Phi) is 5.52. The second kappa shape index (κ2) is 6.42. The number of aryl methyl sites for hydroxylation is 1. The molecule has 0 bridgehead atoms. The first-order valence-electron chi connectivity index (χ1n) is 5.06. The zero-order valence-corrected chi connectivity index (χ0v) is 11.2. The molecule has 0 fully saturated rings. The van der Waals surface area contributed by atoms with Gasteiger partial charge >= 0.3 is 0 Å². The third kappa shape index (κ3) is 4.06. The first-order valence-corrected chi connectivity index (χ1v) is 6.14. The van der Waals surface area contributed by atoms with E-state index in [-0.39, 0.29) is 12.8 Å². The number of aromatic nitrogens is 2. The molecule has 0 unspecified atom stereocenters. The van der Waals surface area contributed by atoms with E-state index in [4.69, 9.17) is 4.74 Å². The minimum atomic E-state index is -0.385. The summed E-state index contributed by atoms with van der Waals surface area (Å²) >= 11 is 2.19. The normalized spacial score (nSPS) is 13.1. The van der Waals surface area contributed by atoms with Crippen LogP contribution in [-0.4, -0.2) is 22.6 Å². The Morgan fingerprint density at radius 3 is 3.00 bits per heavy atom. The van der Waals surface area contributed by atoms with Gasteiger partial charge in [-0.1, -0.05) is 6.92 Å². The lowest BCUT2D eigenvalue weighted by atomic mass is 10.3. The van der Waals surface area contributed by atoms with Crippen LogP contribution in [-0.2, 0) is 17.9 Å². The highest BCUT2D eigenvalue weighted by molar-refractivity contribution is 14.1. The van der Waals surface area contributed by atoms with E-state index in [2.05, 4.69) is 34.6 Å². The van der Waals surface area contributed by atoms with Gasteiger partial charge in [-0.05, 0) is 35.9 Å². The van der Waals surface area contributed by atoms with Crippen molar-refractivity contribution in [3.63, 3.8) is 0 Å². The summed E-state index contributed by atoms with van der Waals surface area (Å²) in [5, 5.41) is 4.25. The van der Waals surface area contributed by atoms with Crippen LogP contribution in [0, 0.1) is 3.57 Å². The van der Waals surface area contributed by atoms with Crippen molar-refractivity contribution >= 4 is 22.6 Å². The molecule has 1 aromatic rings. The Balaban J connectivity index is 2.53. The molecule has 0 spiro atoms. The molecule has 1 aromatic heterocycles. The van der Waals surface area contributed by atoms with E-state index in [9.17, 15) is 4.39 Å². The summed E-state index contributed by atoms with van der Waals surface area (Å²) < 4.78 is 20.3. The highest BCUT2D eigenvalue weighted by atomic mass is 127. The number of hydrogen-bond acceptors (Lipinski definition) is 2. The van der Waals surface area contributed by atoms with Gasteiger partial charge in [-0.2, -0.15) is 5.10 Å². The van der Waals surface area contributed by atoms with Crippen molar-refractivity contribution in [3.8, 4) is 0 Å². The van der Waals surface area contributed by atoms with Gasteiger partial charge in [0.25, 0.3) is 0 Å². The third-order valence-corrected chi connectivity index (χ3v) is 3.08. The van der Waals surface area contributed by atoms with Crippen molar-refractivity contribution in [2.75, 3.05) is 6.67 Å². The Hall–Kier alpha value is -0.170. The number of halogens is 2. The fourth-order valence-electron chi connectivity index (χ4n) is 1.08. The van der Waals surface area contributed by atoms with Crippen molar-refractivity contribution in [3.05, 3.63) is 15.5 Å². The number of nitrogens with zero attached hydrogens (tertiary/aromatic N) is 2. The summed E-state index contributed by atoms with van der Waals surface area (Å²) in [4.78, 5) is 0. The fourth-order valence-corrected chi connectivity index (χ4v) is 1.66. The minimum absolute atomic E-state index is 0.243. The molecule has 0 aliphatic rings. The van der Waals surface area contributed by atoms with Crippen LogP contribution in [0.25, 0.3) is 0 Å². The Morgan fingerprint density at radius 2 is 2.40 bits per heavy atom. The molecule has 15 heavy (non-hydrogen) atoms. The average molecular weight is 326 g/mol. The summed E-state index contributed by atoms with van der Waals surface area (Å²) in [5.74, 6) is 0. The van der Waals surface area contributed by atoms with Crippen molar-refractivity contribution in [2.24, 2.45) is 0 Å². The molecule has 5 heteroatoms. The fraction of sp³-hybridized carbons (Fsp3) is 0.700. The number of ether oxygens (including phenoxy) is 1. The second-order valence-electron chi connectivity index (χ2n) is 3.41. The predicted molar refractivity (Wildman–Crippen MR) is 65.5 cm³/mol. The van der Waals surface area contributed by atoms with Crippen LogP contribution in [0.3, 0.4) is 0 Å². The van der Waals surface area contributed by atoms with Gasteiger partial charge in [0.05, 0.1) is 22.8 Å². The zero-order valence-electron chi connectivity index (χ0n) is 9.04. The summed E-state index contributed by atoms with van der Waals surface area (Å²) in [6, 6.07) is 0. The largest absolute Gasteiger partial charge is 0.372 e. The van der Waals surface area contributed by atoms with Crippen LogP contribution in [0.2, 0.25) is 0 Å². The molecule has 0 saturated carbocycles. The maximum absolute atomic E-state index is 12.1. The highest BCUT2D eigenvalue weighted by Crippen LogP contribution is 2.12. The monoisotopic (exact) mass is 326 g/mol. The molecule has 0 N–H and O–H groups in total. The Labute approximate surface area is 103 Å². The van der Waals surface area contributed by atoms with Gasteiger partial charge < -0.3 is 4.74 Å². The molecule has 1 atom stereocenters. The molecular weight excluding hydrogens is 310 g/mol. The van der Waals surface area contributed by atoms with E-state index in [1.807, 2.05) is 13.1 Å². The van der Waals surface area contributed by atoms with E-state index in [0.717, 1.165) is 15.7 Å². The predicted octanol–water partition coefficient (Wildman–Crippen LogP) is 2.77. The lowest BCUT2D eigenvalue weighted by Crippen LogP contribution is -2.07. The van der Waals surface area contributed by atoms with E-state index < -0.39 is 0 Å². The van der Waals surface area contributed by atoms with E-state index in [1.54, 1.807) is 4.68 Å². The number of alkyl halides is 1. The molecule has 0 saturated heterocycles. The zero-order chi connectivity index (χ0) is 11.3. The SMILES string of the molecule is CC[C@@H](C)OCc1nn(CCF)cc1I. The van der Waals surface area contributed by atoms with E-state index >= 15 is 0 Å². The molecule has 0 amide bonds. The van der Waals surface area contributed by atoms with Gasteiger partial charge in [-0.3, -0.25) is 4.68 Å². The number of hydrogen-bond donors (Lipinski definition) is 0. The van der Waals surface area contributed by atoms with Crippen LogP contribution in [0.15, 0.2) is 6.20 Å². The van der Waals surface area contributed by atoms with Gasteiger partial charge in [0.15, 0.2) is 0 Å². The van der Waals surface area contributed by atoms with Crippen molar-refractivity contribution < 1.29 is 9.13 Å². The molecule has 1 heterocycles. The summed E-state index contributed by atoms with van der Waals surface area (Å²) in [5.41, 5.74) is 0.893. The minimum Gasteiger partial charge on any atom is -0.372 e. The molecule has 3 nitrogen and oxygen atoms in total. The van der Waals surface area contributed by atoms with Gasteiger partial charge in [0, 0.05) is 6.20 Å². The highest BCUT2D eigenvalue weighted by Gasteiger charge is 2.08. The molecule has 1 rings (SSSR count). The molecular formula is C10H16FIN2O. The van der Waals surface area contributed by atoms with Crippen LogP contribution < -0.4 is 0 Å². The quantitative estimate of drug-likeness (QED) is 0.752. The van der Waals surface area contributed by atoms with Crippen molar-refractivity contribution in [1.29, 1.82) is 0 Å². The molecule has 0 aromatic carbocycles. The van der Waals surface area contributed by atoms with Crippen LogP contribution in [0.1, 0.15) is 26.0 Å². The van der Waals surface area contributed by atoms with Crippen LogP contribution >= 0.6 is 22.6 Å². The van der Waals surface area contributed by atoms with E-state index in [0.29, 0.717) is 13.2 Å². The molecule has 0 radical (unpaired) electrons. The second-order valence-corrected chi connectivity index (χ2v) is 4.57. The van der Waals surface area contributed by atoms with E-state index in [1.165, 1.54) is 0 Å². The number of rotatable bonds is 6. The molecule has 0 aliphatic carbocycles. The summed E-state index contributed by atoms with van der Waals surface area (Å²) in [6.07, 6.45) is 3.07. The summed E-state index contributed by atoms with van der Waals surface area (Å²) in [6.45, 7) is 4.55. The maximum Gasteiger partial charge on any atom is 0.109 e. The van der Waals surface area contributed by atoms with Crippen LogP contribution in [0.5, 0.6) is 0 Å². The van der Waals surface area contributed by atoms with Gasteiger partial charge in [-0.25, -0.2) is 4.39 Å². The van der Waals surface area contributed by atoms with Crippen molar-refractivity contribution in [2.45, 2.75) is 39.5 Å². The lowest BCUT2D eigenvalue weighted by Gasteiger charge is -2.08. The lowest BCUT2D eigenvalue weighted by molar-refractivity contribution is 0.0482. The average Bonchev–Trinajstić information content (AvgIpc) is 2.56. The van der Waals surface area contributed by atoms with Crippen molar-refractivity contribution in [1.82, 2.24) is 9.78 Å². The van der Waals surface area contributed by atoms with Gasteiger partial charge in [0.2, 0.25) is 0 Å². The van der Waals surface area contributed by atoms with Gasteiger partial charge in [-0.15, -0.1) is 0 Å². The smallest absolute Gasteiger partial charge is 0.109 e. The maximum atomic E-state index is 12.1. The third-order valence-electron chi connectivity index (χ3n) is 2.18. The first-order chi connectivity index (χ1) is 7.17. The first kappa shape index (κ1) is 12.9. The summed E-state index contributed by atoms with van der Waals surface area (Å²) in [7, 11) is 0. The molecule has 0 aliphatic heterocycles.